The van der Waals surface area contributed by atoms with E-state index in [0.717, 1.165) is 0 Å². The fraction of sp³-hybridized carbons (Fsp3) is 0.167. The van der Waals surface area contributed by atoms with Crippen LogP contribution in [0.5, 0.6) is 0 Å². The van der Waals surface area contributed by atoms with Crippen LogP contribution in [0.2, 0.25) is 0 Å². The van der Waals surface area contributed by atoms with E-state index in [9.17, 15) is 9.90 Å². The van der Waals surface area contributed by atoms with E-state index >= 15 is 0 Å². The summed E-state index contributed by atoms with van der Waals surface area (Å²) in [5, 5.41) is 19.1. The van der Waals surface area contributed by atoms with Crippen LogP contribution < -0.4 is 10.5 Å². The van der Waals surface area contributed by atoms with E-state index in [1.54, 1.807) is 26.0 Å². The number of carbonyl (C=O) groups is 1. The van der Waals surface area contributed by atoms with Gasteiger partial charge >= 0.3 is 33.3 Å². The second kappa shape index (κ2) is 9.42. The molecule has 2 bridgehead atoms. The van der Waals surface area contributed by atoms with Gasteiger partial charge < -0.3 is 15.6 Å². The van der Waals surface area contributed by atoms with Crippen molar-refractivity contribution in [3.8, 4) is 0 Å². The Morgan fingerprint density at radius 3 is 2.59 bits per heavy atom. The predicted molar refractivity (Wildman–Crippen MR) is 80.2 cm³/mol. The van der Waals surface area contributed by atoms with Crippen LogP contribution in [-0.2, 0) is 13.1 Å². The number of nitrogens with zero attached hydrogens (tertiary/aromatic N) is 4. The van der Waals surface area contributed by atoms with Gasteiger partial charge in [-0.25, -0.2) is 10.4 Å². The van der Waals surface area contributed by atoms with Crippen molar-refractivity contribution in [2.24, 2.45) is 10.2 Å². The molecular weight excluding hydrogens is 373 g/mol. The van der Waals surface area contributed by atoms with Crippen LogP contribution in [0.1, 0.15) is 30.0 Å². The third kappa shape index (κ3) is 6.03. The van der Waals surface area contributed by atoms with Crippen molar-refractivity contribution < 1.29 is 23.0 Å². The monoisotopic (exact) mass is 383 g/mol. The molecule has 2 rings (SSSR count). The Balaban J connectivity index is 0.000000745. The molecule has 0 radical (unpaired) electrons. The van der Waals surface area contributed by atoms with Crippen LogP contribution in [0.4, 0.5) is 0 Å². The third-order valence-corrected chi connectivity index (χ3v) is 2.25. The number of rotatable bonds is 0. The SMILES string of the molecule is CC1=CC(C)=NNC(=O)c2cccc(n2)C([O-])=N[N-]1.[Cl][Fe+][Cl]. The van der Waals surface area contributed by atoms with Crippen LogP contribution in [0.15, 0.2) is 40.2 Å². The van der Waals surface area contributed by atoms with E-state index in [2.05, 4.69) is 26.0 Å². The second-order valence-electron chi connectivity index (χ2n) is 3.94. The van der Waals surface area contributed by atoms with Crippen molar-refractivity contribution in [1.29, 1.82) is 0 Å². The van der Waals surface area contributed by atoms with Crippen molar-refractivity contribution in [3.63, 3.8) is 0 Å². The van der Waals surface area contributed by atoms with Crippen molar-refractivity contribution in [1.82, 2.24) is 10.4 Å². The third-order valence-electron chi connectivity index (χ3n) is 2.25. The molecule has 7 nitrogen and oxygen atoms in total. The van der Waals surface area contributed by atoms with E-state index in [4.69, 9.17) is 20.2 Å². The van der Waals surface area contributed by atoms with Crippen LogP contribution in [-0.4, -0.2) is 22.5 Å². The minimum absolute atomic E-state index is 0.0606. The molecule has 0 aliphatic carbocycles. The molecule has 0 aromatic carbocycles. The average molecular weight is 384 g/mol. The first-order valence-corrected chi connectivity index (χ1v) is 8.83. The predicted octanol–water partition coefficient (Wildman–Crippen LogP) is 1.88. The fourth-order valence-corrected chi connectivity index (χ4v) is 1.42. The Morgan fingerprint density at radius 1 is 1.27 bits per heavy atom. The Morgan fingerprint density at radius 2 is 1.91 bits per heavy atom. The summed E-state index contributed by atoms with van der Waals surface area (Å²) in [6.07, 6.45) is 1.60. The number of amides is 1. The molecule has 1 aliphatic rings. The number of pyridine rings is 1. The van der Waals surface area contributed by atoms with Gasteiger partial charge in [-0.05, 0) is 25.0 Å². The quantitative estimate of drug-likeness (QED) is 0.691. The molecule has 1 aliphatic heterocycles. The molecule has 0 saturated heterocycles. The first-order valence-electron chi connectivity index (χ1n) is 5.79. The van der Waals surface area contributed by atoms with Crippen molar-refractivity contribution >= 4 is 37.7 Å². The van der Waals surface area contributed by atoms with Gasteiger partial charge in [-0.1, -0.05) is 19.1 Å². The summed E-state index contributed by atoms with van der Waals surface area (Å²) in [4.78, 5) is 15.7. The van der Waals surface area contributed by atoms with E-state index < -0.39 is 11.8 Å². The maximum atomic E-state index is 11.8. The summed E-state index contributed by atoms with van der Waals surface area (Å²) in [6, 6.07) is 4.51. The number of fused-ring (bicyclic) bond motifs is 2. The van der Waals surface area contributed by atoms with Gasteiger partial charge in [0.2, 0.25) is 0 Å². The number of allylic oxidation sites excluding steroid dienone is 2. The zero-order chi connectivity index (χ0) is 16.5. The molecule has 1 aromatic heterocycles. The van der Waals surface area contributed by atoms with Crippen molar-refractivity contribution in [2.45, 2.75) is 13.8 Å². The Kier molecular flexibility index (Phi) is 7.90. The van der Waals surface area contributed by atoms with Gasteiger partial charge in [0.05, 0.1) is 11.4 Å². The van der Waals surface area contributed by atoms with Crippen molar-refractivity contribution in [2.75, 3.05) is 0 Å². The molecule has 1 N–H and O–H groups in total. The standard InChI is InChI=1S/C12H13N5O2.2ClH.Fe/c1-7-6-8(2)15-17-12(19)10-5-3-4-9(13-10)11(18)16-14-7;;;/h3-6H,1-2H3,(H3,13,14,15,16,17,18,19);2*1H;/q;;;+3/p-4. The van der Waals surface area contributed by atoms with E-state index in [1.807, 2.05) is 0 Å². The normalized spacial score (nSPS) is 14.5. The van der Waals surface area contributed by atoms with Crippen LogP contribution >= 0.6 is 20.2 Å². The van der Waals surface area contributed by atoms with Gasteiger partial charge in [0.1, 0.15) is 5.69 Å². The van der Waals surface area contributed by atoms with Crippen LogP contribution in [0.25, 0.3) is 5.43 Å². The number of hydrazone groups is 1. The summed E-state index contributed by atoms with van der Waals surface area (Å²) in [7, 11) is 9.53. The zero-order valence-corrected chi connectivity index (χ0v) is 14.1. The van der Waals surface area contributed by atoms with E-state index in [-0.39, 0.29) is 24.5 Å². The average Bonchev–Trinajstić information content (AvgIpc) is 2.50. The summed E-state index contributed by atoms with van der Waals surface area (Å²) in [5.74, 6) is -1.09. The Labute approximate surface area is 142 Å². The zero-order valence-electron chi connectivity index (χ0n) is 11.5. The number of aromatic nitrogens is 1. The molecule has 1 amide bonds. The first-order chi connectivity index (χ1) is 10.5. The van der Waals surface area contributed by atoms with Crippen LogP contribution in [0, 0.1) is 0 Å². The molecule has 10 heteroatoms. The number of hydrogen-bond donors (Lipinski definition) is 1. The molecule has 0 fully saturated rings. The summed E-state index contributed by atoms with van der Waals surface area (Å²) in [5.41, 5.74) is 7.31. The summed E-state index contributed by atoms with van der Waals surface area (Å²) >= 11 is 0.194. The first kappa shape index (κ1) is 18.4. The Hall–Kier alpha value is -1.60. The summed E-state index contributed by atoms with van der Waals surface area (Å²) in [6.45, 7) is 3.37. The van der Waals surface area contributed by atoms with Crippen LogP contribution in [0.3, 0.4) is 0 Å². The van der Waals surface area contributed by atoms with Gasteiger partial charge in [0.25, 0.3) is 5.91 Å². The number of carbonyl (C=O) groups excluding carboxylic acids is 1. The maximum absolute atomic E-state index is 11.8. The fourth-order valence-electron chi connectivity index (χ4n) is 1.42. The molecule has 1 aromatic rings. The topological polar surface area (TPSA) is 104 Å². The summed E-state index contributed by atoms with van der Waals surface area (Å²) < 4.78 is 0. The van der Waals surface area contributed by atoms with E-state index in [0.29, 0.717) is 11.4 Å². The van der Waals surface area contributed by atoms with Gasteiger partial charge in [-0.15, -0.1) is 5.70 Å². The number of hydrogen-bond acceptors (Lipinski definition) is 5. The van der Waals surface area contributed by atoms with E-state index in [1.165, 1.54) is 12.1 Å². The number of halogens is 2. The van der Waals surface area contributed by atoms with Gasteiger partial charge in [-0.3, -0.25) is 4.79 Å². The molecular formula is C12H11Cl2FeN5O2-. The van der Waals surface area contributed by atoms with Gasteiger partial charge in [0.15, 0.2) is 0 Å². The molecule has 119 valence electrons. The molecule has 0 unspecified atom stereocenters. The number of nitrogens with one attached hydrogen (secondary N) is 1. The van der Waals surface area contributed by atoms with Gasteiger partial charge in [-0.2, -0.15) is 5.10 Å². The molecule has 0 atom stereocenters. The molecule has 0 saturated carbocycles. The van der Waals surface area contributed by atoms with Crippen molar-refractivity contribution in [3.05, 3.63) is 46.8 Å². The Bertz CT molecular complexity index is 634. The molecule has 2 heterocycles. The van der Waals surface area contributed by atoms with Gasteiger partial charge in [0, 0.05) is 0 Å². The molecule has 22 heavy (non-hydrogen) atoms. The minimum atomic E-state index is -0.599. The molecule has 0 spiro atoms. The second-order valence-corrected chi connectivity index (χ2v) is 5.77.